The molecule has 58 valence electrons. The van der Waals surface area contributed by atoms with E-state index in [1.165, 1.54) is 4.68 Å². The molecule has 0 spiro atoms. The Morgan fingerprint density at radius 1 is 1.40 bits per heavy atom. The molecule has 0 bridgehead atoms. The Bertz CT molecular complexity index is 274. The van der Waals surface area contributed by atoms with Gasteiger partial charge in [0.15, 0.2) is 0 Å². The highest BCUT2D eigenvalue weighted by Gasteiger charge is 2.00. The molecular weight excluding hydrogens is 152 g/mol. The first-order valence-corrected chi connectivity index (χ1v) is 2.85. The van der Waals surface area contributed by atoms with Gasteiger partial charge in [-0.25, -0.2) is 0 Å². The molecule has 1 N–H and O–H groups in total. The van der Waals surface area contributed by atoms with Crippen LogP contribution in [0.2, 0.25) is 0 Å². The minimum Gasteiger partial charge on any atom is -0.300 e. The number of nitrogens with one attached hydrogen (secondary N) is 1. The van der Waals surface area contributed by atoms with E-state index in [9.17, 15) is 4.79 Å². The minimum atomic E-state index is 0. The highest BCUT2D eigenvalue weighted by Crippen LogP contribution is 1.92. The second kappa shape index (κ2) is 2.92. The van der Waals surface area contributed by atoms with Crippen LogP contribution in [0.4, 0.5) is 0 Å². The lowest BCUT2D eigenvalue weighted by molar-refractivity contribution is 0.730. The van der Waals surface area contributed by atoms with Gasteiger partial charge in [0.1, 0.15) is 0 Å². The molecule has 0 amide bonds. The predicted molar refractivity (Wildman–Crippen MR) is 42.8 cm³/mol. The number of nitrogens with zero attached hydrogens (tertiary/aromatic N) is 1. The van der Waals surface area contributed by atoms with Gasteiger partial charge in [-0.2, -0.15) is 0 Å². The molecule has 10 heavy (non-hydrogen) atoms. The van der Waals surface area contributed by atoms with Gasteiger partial charge in [-0.3, -0.25) is 14.6 Å². The number of aryl methyl sites for hydroxylation is 2. The molecule has 1 aromatic rings. The summed E-state index contributed by atoms with van der Waals surface area (Å²) in [6.45, 7) is 3.70. The van der Waals surface area contributed by atoms with E-state index >= 15 is 0 Å². The summed E-state index contributed by atoms with van der Waals surface area (Å²) in [7, 11) is 1.71. The van der Waals surface area contributed by atoms with Gasteiger partial charge in [0.2, 0.25) is 0 Å². The largest absolute Gasteiger partial charge is 0.300 e. The van der Waals surface area contributed by atoms with Gasteiger partial charge >= 0.3 is 0 Å². The molecule has 0 aromatic carbocycles. The van der Waals surface area contributed by atoms with Crippen LogP contribution in [-0.4, -0.2) is 9.78 Å². The summed E-state index contributed by atoms with van der Waals surface area (Å²) in [5.41, 5.74) is 1.81. The predicted octanol–water partition coefficient (Wildman–Crippen LogP) is 0.752. The van der Waals surface area contributed by atoms with Gasteiger partial charge in [0, 0.05) is 18.3 Å². The molecule has 0 aliphatic rings. The number of hydrogen-bond acceptors (Lipinski definition) is 1. The number of hydrogen-bond donors (Lipinski definition) is 1. The van der Waals surface area contributed by atoms with Crippen molar-refractivity contribution in [1.29, 1.82) is 0 Å². The quantitative estimate of drug-likeness (QED) is 0.601. The zero-order chi connectivity index (χ0) is 7.02. The zero-order valence-corrected chi connectivity index (χ0v) is 7.08. The molecule has 0 aliphatic carbocycles. The van der Waals surface area contributed by atoms with Crippen LogP contribution in [0.5, 0.6) is 0 Å². The summed E-state index contributed by atoms with van der Waals surface area (Å²) in [5, 5.41) is 2.88. The second-order valence-electron chi connectivity index (χ2n) is 2.23. The Balaban J connectivity index is 0.000000810. The summed E-state index contributed by atoms with van der Waals surface area (Å²) < 4.78 is 1.48. The standard InChI is InChI=1S/C6H10N2O.ClH/c1-4-5(2)7-8(3)6(4)9;/h7H,1-3H3;1H. The van der Waals surface area contributed by atoms with Crippen molar-refractivity contribution in [3.8, 4) is 0 Å². The Kier molecular flexibility index (Phi) is 2.72. The Labute approximate surface area is 65.4 Å². The fourth-order valence-corrected chi connectivity index (χ4v) is 0.798. The average molecular weight is 163 g/mol. The van der Waals surface area contributed by atoms with Crippen molar-refractivity contribution < 1.29 is 0 Å². The second-order valence-corrected chi connectivity index (χ2v) is 2.23. The van der Waals surface area contributed by atoms with Crippen molar-refractivity contribution in [2.75, 3.05) is 0 Å². The van der Waals surface area contributed by atoms with E-state index in [-0.39, 0.29) is 18.0 Å². The van der Waals surface area contributed by atoms with Crippen LogP contribution in [0.3, 0.4) is 0 Å². The molecule has 0 saturated carbocycles. The summed E-state index contributed by atoms with van der Waals surface area (Å²) in [6, 6.07) is 0. The van der Waals surface area contributed by atoms with Gasteiger partial charge in [-0.15, -0.1) is 12.4 Å². The SMILES string of the molecule is Cc1[nH]n(C)c(=O)c1C.Cl. The van der Waals surface area contributed by atoms with Gasteiger partial charge in [0.25, 0.3) is 5.56 Å². The molecule has 0 aliphatic heterocycles. The third kappa shape index (κ3) is 1.24. The summed E-state index contributed by atoms with van der Waals surface area (Å²) in [6.07, 6.45) is 0. The van der Waals surface area contributed by atoms with Gasteiger partial charge in [-0.1, -0.05) is 0 Å². The smallest absolute Gasteiger partial charge is 0.269 e. The maximum atomic E-state index is 10.9. The van der Waals surface area contributed by atoms with Crippen LogP contribution >= 0.6 is 12.4 Å². The molecular formula is C6H11ClN2O. The van der Waals surface area contributed by atoms with Gasteiger partial charge in [-0.05, 0) is 13.8 Å². The molecule has 0 radical (unpaired) electrons. The fourth-order valence-electron chi connectivity index (χ4n) is 0.798. The van der Waals surface area contributed by atoms with E-state index in [4.69, 9.17) is 0 Å². The maximum absolute atomic E-state index is 10.9. The molecule has 1 aromatic heterocycles. The first-order valence-electron chi connectivity index (χ1n) is 2.85. The van der Waals surface area contributed by atoms with Crippen molar-refractivity contribution in [2.45, 2.75) is 13.8 Å². The highest BCUT2D eigenvalue weighted by atomic mass is 35.5. The first-order chi connectivity index (χ1) is 4.13. The van der Waals surface area contributed by atoms with Gasteiger partial charge < -0.3 is 0 Å². The van der Waals surface area contributed by atoms with Gasteiger partial charge in [0.05, 0.1) is 0 Å². The maximum Gasteiger partial charge on any atom is 0.269 e. The molecule has 0 fully saturated rings. The van der Waals surface area contributed by atoms with Crippen LogP contribution < -0.4 is 5.56 Å². The minimum absolute atomic E-state index is 0. The summed E-state index contributed by atoms with van der Waals surface area (Å²) in [5.74, 6) is 0. The summed E-state index contributed by atoms with van der Waals surface area (Å²) >= 11 is 0. The molecule has 0 unspecified atom stereocenters. The Morgan fingerprint density at radius 3 is 2.00 bits per heavy atom. The lowest BCUT2D eigenvalue weighted by atomic mass is 10.3. The molecule has 0 atom stereocenters. The summed E-state index contributed by atoms with van der Waals surface area (Å²) in [4.78, 5) is 10.9. The van der Waals surface area contributed by atoms with Crippen molar-refractivity contribution in [3.05, 3.63) is 21.6 Å². The number of rotatable bonds is 0. The van der Waals surface area contributed by atoms with E-state index in [1.807, 2.05) is 13.8 Å². The average Bonchev–Trinajstić information content (AvgIpc) is 1.98. The highest BCUT2D eigenvalue weighted by molar-refractivity contribution is 5.85. The topological polar surface area (TPSA) is 37.8 Å². The van der Waals surface area contributed by atoms with E-state index in [0.29, 0.717) is 0 Å². The van der Waals surface area contributed by atoms with E-state index < -0.39 is 0 Å². The normalized spacial score (nSPS) is 9.10. The van der Waals surface area contributed by atoms with Crippen molar-refractivity contribution >= 4 is 12.4 Å². The van der Waals surface area contributed by atoms with Crippen LogP contribution in [0, 0.1) is 13.8 Å². The molecule has 1 rings (SSSR count). The van der Waals surface area contributed by atoms with E-state index in [0.717, 1.165) is 11.3 Å². The zero-order valence-electron chi connectivity index (χ0n) is 6.26. The first kappa shape index (κ1) is 9.30. The van der Waals surface area contributed by atoms with E-state index in [1.54, 1.807) is 7.05 Å². The van der Waals surface area contributed by atoms with Crippen LogP contribution in [0.25, 0.3) is 0 Å². The van der Waals surface area contributed by atoms with Crippen molar-refractivity contribution in [1.82, 2.24) is 9.78 Å². The Morgan fingerprint density at radius 2 is 1.90 bits per heavy atom. The molecule has 4 heteroatoms. The number of halogens is 1. The van der Waals surface area contributed by atoms with Crippen LogP contribution in [-0.2, 0) is 7.05 Å². The lowest BCUT2D eigenvalue weighted by Gasteiger charge is -1.83. The monoisotopic (exact) mass is 162 g/mol. The Hall–Kier alpha value is -0.700. The molecule has 3 nitrogen and oxygen atoms in total. The van der Waals surface area contributed by atoms with Crippen molar-refractivity contribution in [3.63, 3.8) is 0 Å². The molecule has 0 saturated heterocycles. The van der Waals surface area contributed by atoms with Crippen LogP contribution in [0.15, 0.2) is 4.79 Å². The lowest BCUT2D eigenvalue weighted by Crippen LogP contribution is -2.12. The number of aromatic amines is 1. The van der Waals surface area contributed by atoms with Crippen LogP contribution in [0.1, 0.15) is 11.3 Å². The third-order valence-corrected chi connectivity index (χ3v) is 1.52. The van der Waals surface area contributed by atoms with Crippen molar-refractivity contribution in [2.24, 2.45) is 7.05 Å². The third-order valence-electron chi connectivity index (χ3n) is 1.52. The number of H-pyrrole nitrogens is 1. The number of aromatic nitrogens is 2. The fraction of sp³-hybridized carbons (Fsp3) is 0.500. The van der Waals surface area contributed by atoms with E-state index in [2.05, 4.69) is 5.10 Å². The molecule has 1 heterocycles.